The number of phenols is 1. The summed E-state index contributed by atoms with van der Waals surface area (Å²) >= 11 is 0. The smallest absolute Gasteiger partial charge is 0.163 e. The number of benzene rings is 1. The van der Waals surface area contributed by atoms with Gasteiger partial charge < -0.3 is 15.6 Å². The van der Waals surface area contributed by atoms with Gasteiger partial charge in [0.15, 0.2) is 11.5 Å². The number of hydrogen-bond acceptors (Lipinski definition) is 3. The molecular weight excluding hydrogens is 221 g/mol. The van der Waals surface area contributed by atoms with Crippen LogP contribution in [0.5, 0.6) is 11.5 Å². The van der Waals surface area contributed by atoms with Crippen LogP contribution in [0.15, 0.2) is 12.1 Å². The van der Waals surface area contributed by atoms with E-state index >= 15 is 0 Å². The van der Waals surface area contributed by atoms with Gasteiger partial charge in [-0.25, -0.2) is 4.39 Å². The Balaban J connectivity index is 0.00000196. The summed E-state index contributed by atoms with van der Waals surface area (Å²) in [6.07, 6.45) is 0.625. The van der Waals surface area contributed by atoms with E-state index < -0.39 is 5.82 Å². The Kier molecular flexibility index (Phi) is 5.39. The number of methoxy groups -OCH3 is 1. The van der Waals surface area contributed by atoms with Crippen molar-refractivity contribution in [3.63, 3.8) is 0 Å². The highest BCUT2D eigenvalue weighted by molar-refractivity contribution is 5.85. The molecule has 0 aliphatic heterocycles. The van der Waals surface area contributed by atoms with Crippen molar-refractivity contribution in [2.24, 2.45) is 5.73 Å². The van der Waals surface area contributed by atoms with Crippen LogP contribution < -0.4 is 10.5 Å². The molecule has 5 heteroatoms. The van der Waals surface area contributed by atoms with E-state index in [-0.39, 0.29) is 29.9 Å². The zero-order valence-electron chi connectivity index (χ0n) is 8.66. The Hall–Kier alpha value is -1.000. The fourth-order valence-electron chi connectivity index (χ4n) is 1.25. The van der Waals surface area contributed by atoms with Gasteiger partial charge in [-0.3, -0.25) is 0 Å². The average molecular weight is 236 g/mol. The Labute approximate surface area is 94.5 Å². The number of ether oxygens (including phenoxy) is 1. The van der Waals surface area contributed by atoms with E-state index in [1.54, 1.807) is 0 Å². The number of phenolic OH excluding ortho intramolecular Hbond substituents is 1. The Morgan fingerprint density at radius 2 is 2.13 bits per heavy atom. The van der Waals surface area contributed by atoms with Gasteiger partial charge in [-0.1, -0.05) is 6.92 Å². The summed E-state index contributed by atoms with van der Waals surface area (Å²) in [4.78, 5) is 0. The fourth-order valence-corrected chi connectivity index (χ4v) is 1.25. The van der Waals surface area contributed by atoms with Crippen LogP contribution in [0.4, 0.5) is 4.39 Å². The molecule has 0 aliphatic carbocycles. The zero-order chi connectivity index (χ0) is 10.7. The van der Waals surface area contributed by atoms with Gasteiger partial charge in [-0.05, 0) is 12.5 Å². The van der Waals surface area contributed by atoms with Crippen LogP contribution in [-0.2, 0) is 0 Å². The minimum atomic E-state index is -0.460. The number of aromatic hydroxyl groups is 1. The monoisotopic (exact) mass is 235 g/mol. The number of nitrogens with two attached hydrogens (primary N) is 1. The van der Waals surface area contributed by atoms with Crippen molar-refractivity contribution >= 4 is 12.4 Å². The molecule has 3 N–H and O–H groups in total. The summed E-state index contributed by atoms with van der Waals surface area (Å²) in [7, 11) is 1.37. The van der Waals surface area contributed by atoms with Gasteiger partial charge in [0, 0.05) is 17.7 Å². The van der Waals surface area contributed by atoms with E-state index in [2.05, 4.69) is 0 Å². The third-order valence-electron chi connectivity index (χ3n) is 2.13. The summed E-state index contributed by atoms with van der Waals surface area (Å²) in [6.45, 7) is 1.86. The van der Waals surface area contributed by atoms with Crippen molar-refractivity contribution in [1.29, 1.82) is 0 Å². The largest absolute Gasteiger partial charge is 0.504 e. The maximum Gasteiger partial charge on any atom is 0.163 e. The van der Waals surface area contributed by atoms with E-state index in [4.69, 9.17) is 10.5 Å². The van der Waals surface area contributed by atoms with Crippen molar-refractivity contribution in [3.05, 3.63) is 23.5 Å². The third-order valence-corrected chi connectivity index (χ3v) is 2.13. The molecule has 0 heterocycles. The highest BCUT2D eigenvalue weighted by Crippen LogP contribution is 2.34. The molecule has 3 nitrogen and oxygen atoms in total. The van der Waals surface area contributed by atoms with Gasteiger partial charge in [0.25, 0.3) is 0 Å². The summed E-state index contributed by atoms with van der Waals surface area (Å²) in [5, 5.41) is 9.64. The fraction of sp³-hybridized carbons (Fsp3) is 0.400. The average Bonchev–Trinajstić information content (AvgIpc) is 2.19. The molecule has 0 spiro atoms. The molecule has 1 rings (SSSR count). The molecule has 0 bridgehead atoms. The lowest BCUT2D eigenvalue weighted by molar-refractivity contribution is 0.364. The van der Waals surface area contributed by atoms with Gasteiger partial charge in [0.2, 0.25) is 0 Å². The van der Waals surface area contributed by atoms with Gasteiger partial charge in [0.1, 0.15) is 5.82 Å². The van der Waals surface area contributed by atoms with Crippen molar-refractivity contribution in [2.75, 3.05) is 7.11 Å². The summed E-state index contributed by atoms with van der Waals surface area (Å²) in [5.74, 6) is -0.425. The summed E-state index contributed by atoms with van der Waals surface area (Å²) in [5.41, 5.74) is 6.08. The standard InChI is InChI=1S/C10H14FNO2.ClH/c1-3-8(12)7-4-6(11)5-9(14-2)10(7)13;/h4-5,8,13H,3,12H2,1-2H3;1H/t8-;/m1./s1. The molecule has 0 radical (unpaired) electrons. The van der Waals surface area contributed by atoms with Gasteiger partial charge in [-0.15, -0.1) is 12.4 Å². The first-order chi connectivity index (χ1) is 6.60. The number of halogens is 2. The van der Waals surface area contributed by atoms with Crippen LogP contribution >= 0.6 is 12.4 Å². The lowest BCUT2D eigenvalue weighted by Gasteiger charge is -2.13. The highest BCUT2D eigenvalue weighted by Gasteiger charge is 2.15. The maximum absolute atomic E-state index is 13.0. The highest BCUT2D eigenvalue weighted by atomic mass is 35.5. The topological polar surface area (TPSA) is 55.5 Å². The first kappa shape index (κ1) is 14.0. The van der Waals surface area contributed by atoms with Crippen molar-refractivity contribution in [3.8, 4) is 11.5 Å². The van der Waals surface area contributed by atoms with Crippen molar-refractivity contribution in [2.45, 2.75) is 19.4 Å². The van der Waals surface area contributed by atoms with Gasteiger partial charge >= 0.3 is 0 Å². The molecule has 1 aromatic carbocycles. The maximum atomic E-state index is 13.0. The number of rotatable bonds is 3. The van der Waals surface area contributed by atoms with Crippen molar-refractivity contribution < 1.29 is 14.2 Å². The second-order valence-electron chi connectivity index (χ2n) is 3.06. The van der Waals surface area contributed by atoms with Crippen LogP contribution in [0.3, 0.4) is 0 Å². The molecule has 0 aromatic heterocycles. The van der Waals surface area contributed by atoms with E-state index in [0.29, 0.717) is 12.0 Å². The van der Waals surface area contributed by atoms with Crippen molar-refractivity contribution in [1.82, 2.24) is 0 Å². The second kappa shape index (κ2) is 5.78. The number of hydrogen-bond donors (Lipinski definition) is 2. The zero-order valence-corrected chi connectivity index (χ0v) is 9.47. The lowest BCUT2D eigenvalue weighted by Crippen LogP contribution is -2.09. The molecule has 0 saturated heterocycles. The summed E-state index contributed by atoms with van der Waals surface area (Å²) in [6, 6.07) is 1.98. The predicted molar refractivity (Wildman–Crippen MR) is 59.1 cm³/mol. The van der Waals surface area contributed by atoms with Crippen LogP contribution in [0.25, 0.3) is 0 Å². The molecule has 0 unspecified atom stereocenters. The van der Waals surface area contributed by atoms with E-state index in [1.165, 1.54) is 13.2 Å². The molecular formula is C10H15ClFNO2. The van der Waals surface area contributed by atoms with E-state index in [1.807, 2.05) is 6.92 Å². The lowest BCUT2D eigenvalue weighted by atomic mass is 10.0. The first-order valence-electron chi connectivity index (χ1n) is 4.42. The Morgan fingerprint density at radius 3 is 2.60 bits per heavy atom. The van der Waals surface area contributed by atoms with Gasteiger partial charge in [-0.2, -0.15) is 0 Å². The van der Waals surface area contributed by atoms with Crippen LogP contribution in [0.1, 0.15) is 24.9 Å². The van der Waals surface area contributed by atoms with Crippen LogP contribution in [-0.4, -0.2) is 12.2 Å². The molecule has 15 heavy (non-hydrogen) atoms. The molecule has 86 valence electrons. The minimum absolute atomic E-state index is 0. The second-order valence-corrected chi connectivity index (χ2v) is 3.06. The summed E-state index contributed by atoms with van der Waals surface area (Å²) < 4.78 is 17.9. The normalized spacial score (nSPS) is 11.7. The predicted octanol–water partition coefficient (Wildman–Crippen LogP) is 2.37. The quantitative estimate of drug-likeness (QED) is 0.846. The van der Waals surface area contributed by atoms with Gasteiger partial charge in [0.05, 0.1) is 7.11 Å². The Morgan fingerprint density at radius 1 is 1.53 bits per heavy atom. The van der Waals surface area contributed by atoms with Crippen LogP contribution in [0.2, 0.25) is 0 Å². The third kappa shape index (κ3) is 2.97. The minimum Gasteiger partial charge on any atom is -0.504 e. The first-order valence-corrected chi connectivity index (χ1v) is 4.42. The van der Waals surface area contributed by atoms with E-state index in [0.717, 1.165) is 6.07 Å². The molecule has 1 aromatic rings. The SMILES string of the molecule is CC[C@@H](N)c1cc(F)cc(OC)c1O.Cl. The Bertz CT molecular complexity index is 333. The molecule has 0 aliphatic rings. The molecule has 0 amide bonds. The van der Waals surface area contributed by atoms with E-state index in [9.17, 15) is 9.50 Å². The van der Waals surface area contributed by atoms with Crippen LogP contribution in [0, 0.1) is 5.82 Å². The molecule has 1 atom stereocenters. The molecule has 0 fully saturated rings. The molecule has 0 saturated carbocycles.